The summed E-state index contributed by atoms with van der Waals surface area (Å²) in [6.07, 6.45) is 3.75. The number of hydrogen-bond donors (Lipinski definition) is 1. The Labute approximate surface area is 221 Å². The molecule has 2 heterocycles. The van der Waals surface area contributed by atoms with Gasteiger partial charge in [-0.05, 0) is 60.1 Å². The SMILES string of the molecule is O=C(Cc1cccc(-c2ccc(Cl)cc2)c1)N1CCCc2nc(C3(c4ccccc4)CC3)[nH]c(=O)c2C1. The molecule has 0 radical (unpaired) electrons. The van der Waals surface area contributed by atoms with Crippen LogP contribution in [0.2, 0.25) is 5.02 Å². The van der Waals surface area contributed by atoms with Crippen LogP contribution in [0.3, 0.4) is 0 Å². The van der Waals surface area contributed by atoms with Crippen LogP contribution in [0.5, 0.6) is 0 Å². The van der Waals surface area contributed by atoms with E-state index in [1.807, 2.05) is 71.6 Å². The first-order valence-electron chi connectivity index (χ1n) is 12.8. The number of nitrogens with one attached hydrogen (secondary N) is 1. The standard InChI is InChI=1S/C31H28ClN3O2/c32-25-13-11-22(12-14-25)23-7-4-6-21(18-23)19-28(36)35-17-5-10-27-26(20-35)29(37)34-30(33-27)31(15-16-31)24-8-2-1-3-9-24/h1-4,6-9,11-14,18H,5,10,15-17,19-20H2,(H,33,34,37). The number of amides is 1. The number of nitrogens with zero attached hydrogens (tertiary/aromatic N) is 2. The van der Waals surface area contributed by atoms with Crippen LogP contribution in [0.1, 0.15) is 47.5 Å². The molecular weight excluding hydrogens is 482 g/mol. The highest BCUT2D eigenvalue weighted by atomic mass is 35.5. The van der Waals surface area contributed by atoms with Gasteiger partial charge in [0.1, 0.15) is 5.82 Å². The highest BCUT2D eigenvalue weighted by Crippen LogP contribution is 2.51. The summed E-state index contributed by atoms with van der Waals surface area (Å²) in [7, 11) is 0. The maximum absolute atomic E-state index is 13.3. The van der Waals surface area contributed by atoms with E-state index in [9.17, 15) is 9.59 Å². The zero-order valence-electron chi connectivity index (χ0n) is 20.5. The Morgan fingerprint density at radius 2 is 1.76 bits per heavy atom. The third kappa shape index (κ3) is 4.72. The predicted molar refractivity (Wildman–Crippen MR) is 146 cm³/mol. The molecule has 4 aromatic rings. The van der Waals surface area contributed by atoms with Gasteiger partial charge in [-0.3, -0.25) is 9.59 Å². The van der Waals surface area contributed by atoms with Crippen LogP contribution in [0.25, 0.3) is 11.1 Å². The summed E-state index contributed by atoms with van der Waals surface area (Å²) in [5.74, 6) is 0.786. The summed E-state index contributed by atoms with van der Waals surface area (Å²) in [6, 6.07) is 26.0. The Morgan fingerprint density at radius 1 is 0.973 bits per heavy atom. The summed E-state index contributed by atoms with van der Waals surface area (Å²) < 4.78 is 0. The molecule has 5 nitrogen and oxygen atoms in total. The van der Waals surface area contributed by atoms with Crippen molar-refractivity contribution in [3.63, 3.8) is 0 Å². The van der Waals surface area contributed by atoms with Gasteiger partial charge < -0.3 is 9.88 Å². The number of fused-ring (bicyclic) bond motifs is 1. The fraction of sp³-hybridized carbons (Fsp3) is 0.258. The number of H-pyrrole nitrogens is 1. The zero-order chi connectivity index (χ0) is 25.4. The van der Waals surface area contributed by atoms with E-state index in [1.165, 1.54) is 5.56 Å². The van der Waals surface area contributed by atoms with Crippen molar-refractivity contribution in [2.75, 3.05) is 6.54 Å². The number of aryl methyl sites for hydroxylation is 1. The van der Waals surface area contributed by atoms with Gasteiger partial charge in [0.05, 0.1) is 29.6 Å². The predicted octanol–water partition coefficient (Wildman–Crippen LogP) is 5.69. The molecule has 0 unspecified atom stereocenters. The molecule has 1 aliphatic carbocycles. The first-order valence-corrected chi connectivity index (χ1v) is 13.2. The second-order valence-electron chi connectivity index (χ2n) is 10.1. The lowest BCUT2D eigenvalue weighted by atomic mass is 9.94. The molecule has 0 atom stereocenters. The van der Waals surface area contributed by atoms with Crippen LogP contribution in [-0.2, 0) is 29.6 Å². The molecule has 0 saturated heterocycles. The molecule has 0 bridgehead atoms. The summed E-state index contributed by atoms with van der Waals surface area (Å²) >= 11 is 6.03. The van der Waals surface area contributed by atoms with Crippen LogP contribution in [-0.4, -0.2) is 27.3 Å². The molecular formula is C31H28ClN3O2. The number of halogens is 1. The molecule has 1 aliphatic heterocycles. The second-order valence-corrected chi connectivity index (χ2v) is 10.5. The Balaban J connectivity index is 1.22. The Morgan fingerprint density at radius 3 is 2.51 bits per heavy atom. The smallest absolute Gasteiger partial charge is 0.256 e. The number of aromatic amines is 1. The van der Waals surface area contributed by atoms with Gasteiger partial charge in [0.15, 0.2) is 0 Å². The molecule has 1 fully saturated rings. The van der Waals surface area contributed by atoms with Crippen LogP contribution < -0.4 is 5.56 Å². The van der Waals surface area contributed by atoms with Crippen molar-refractivity contribution in [1.29, 1.82) is 0 Å². The van der Waals surface area contributed by atoms with E-state index in [0.29, 0.717) is 30.1 Å². The number of hydrogen-bond acceptors (Lipinski definition) is 3. The lowest BCUT2D eigenvalue weighted by Crippen LogP contribution is -2.34. The molecule has 1 saturated carbocycles. The van der Waals surface area contributed by atoms with Gasteiger partial charge in [-0.1, -0.05) is 78.3 Å². The van der Waals surface area contributed by atoms with Gasteiger partial charge >= 0.3 is 0 Å². The van der Waals surface area contributed by atoms with E-state index in [2.05, 4.69) is 17.1 Å². The normalized spacial score (nSPS) is 16.1. The van der Waals surface area contributed by atoms with Crippen LogP contribution >= 0.6 is 11.6 Å². The van der Waals surface area contributed by atoms with Crippen LogP contribution in [0.4, 0.5) is 0 Å². The lowest BCUT2D eigenvalue weighted by Gasteiger charge is -2.21. The number of benzene rings is 3. The lowest BCUT2D eigenvalue weighted by molar-refractivity contribution is -0.131. The third-order valence-corrected chi connectivity index (χ3v) is 7.89. The van der Waals surface area contributed by atoms with Gasteiger partial charge in [0, 0.05) is 11.6 Å². The Bertz CT molecular complexity index is 1510. The van der Waals surface area contributed by atoms with Crippen molar-refractivity contribution in [2.24, 2.45) is 0 Å². The first-order chi connectivity index (χ1) is 18.0. The maximum Gasteiger partial charge on any atom is 0.256 e. The van der Waals surface area contributed by atoms with Crippen molar-refractivity contribution >= 4 is 17.5 Å². The van der Waals surface area contributed by atoms with Crippen molar-refractivity contribution in [3.8, 4) is 11.1 Å². The average Bonchev–Trinajstić information content (AvgIpc) is 3.74. The van der Waals surface area contributed by atoms with Gasteiger partial charge in [-0.2, -0.15) is 0 Å². The maximum atomic E-state index is 13.3. The van der Waals surface area contributed by atoms with Crippen molar-refractivity contribution in [1.82, 2.24) is 14.9 Å². The van der Waals surface area contributed by atoms with Gasteiger partial charge in [-0.25, -0.2) is 4.98 Å². The quantitative estimate of drug-likeness (QED) is 0.376. The van der Waals surface area contributed by atoms with Crippen molar-refractivity contribution < 1.29 is 4.79 Å². The number of carbonyl (C=O) groups is 1. The fourth-order valence-electron chi connectivity index (χ4n) is 5.40. The van der Waals surface area contributed by atoms with E-state index < -0.39 is 0 Å². The summed E-state index contributed by atoms with van der Waals surface area (Å²) in [6.45, 7) is 0.913. The molecule has 6 rings (SSSR count). The Kier molecular flexibility index (Phi) is 6.17. The van der Waals surface area contributed by atoms with E-state index in [-0.39, 0.29) is 23.3 Å². The number of rotatable bonds is 5. The minimum absolute atomic E-state index is 0.0209. The third-order valence-electron chi connectivity index (χ3n) is 7.63. The monoisotopic (exact) mass is 509 g/mol. The largest absolute Gasteiger partial charge is 0.338 e. The van der Waals surface area contributed by atoms with E-state index >= 15 is 0 Å². The van der Waals surface area contributed by atoms with Gasteiger partial charge in [0.25, 0.3) is 5.56 Å². The van der Waals surface area contributed by atoms with Crippen molar-refractivity contribution in [3.05, 3.63) is 122 Å². The van der Waals surface area contributed by atoms with E-state index in [1.54, 1.807) is 0 Å². The minimum atomic E-state index is -0.188. The summed E-state index contributed by atoms with van der Waals surface area (Å²) in [5.41, 5.74) is 5.39. The highest BCUT2D eigenvalue weighted by Gasteiger charge is 2.48. The van der Waals surface area contributed by atoms with E-state index in [4.69, 9.17) is 16.6 Å². The molecule has 2 aliphatic rings. The highest BCUT2D eigenvalue weighted by molar-refractivity contribution is 6.30. The molecule has 6 heteroatoms. The minimum Gasteiger partial charge on any atom is -0.338 e. The van der Waals surface area contributed by atoms with Crippen molar-refractivity contribution in [2.45, 2.75) is 44.1 Å². The molecule has 37 heavy (non-hydrogen) atoms. The first kappa shape index (κ1) is 23.7. The van der Waals surface area contributed by atoms with E-state index in [0.717, 1.165) is 47.5 Å². The Hall–Kier alpha value is -3.70. The molecule has 1 amide bonds. The molecule has 1 aromatic heterocycles. The summed E-state index contributed by atoms with van der Waals surface area (Å²) in [4.78, 5) is 36.5. The number of aromatic nitrogens is 2. The zero-order valence-corrected chi connectivity index (χ0v) is 21.3. The topological polar surface area (TPSA) is 66.1 Å². The fourth-order valence-corrected chi connectivity index (χ4v) is 5.52. The van der Waals surface area contributed by atoms with Gasteiger partial charge in [-0.15, -0.1) is 0 Å². The average molecular weight is 510 g/mol. The van der Waals surface area contributed by atoms with Gasteiger partial charge in [0.2, 0.25) is 5.91 Å². The number of carbonyl (C=O) groups excluding carboxylic acids is 1. The van der Waals surface area contributed by atoms with Crippen LogP contribution in [0, 0.1) is 0 Å². The molecule has 0 spiro atoms. The molecule has 186 valence electrons. The second kappa shape index (κ2) is 9.64. The molecule has 1 N–H and O–H groups in total. The van der Waals surface area contributed by atoms with Crippen LogP contribution in [0.15, 0.2) is 83.7 Å². The molecule has 3 aromatic carbocycles. The summed E-state index contributed by atoms with van der Waals surface area (Å²) in [5, 5.41) is 0.695.